The van der Waals surface area contributed by atoms with Crippen molar-refractivity contribution in [2.24, 2.45) is 7.05 Å². The zero-order valence-electron chi connectivity index (χ0n) is 28.6. The Morgan fingerprint density at radius 3 is 2.39 bits per heavy atom. The quantitative estimate of drug-likeness (QED) is 0.261. The second-order valence-electron chi connectivity index (χ2n) is 11.4. The number of benzene rings is 1. The Bertz CT molecular complexity index is 1420. The van der Waals surface area contributed by atoms with E-state index in [1.165, 1.54) is 0 Å². The van der Waals surface area contributed by atoms with Gasteiger partial charge in [0.2, 0.25) is 5.91 Å². The van der Waals surface area contributed by atoms with Gasteiger partial charge >= 0.3 is 6.09 Å². The molecule has 3 atom stereocenters. The average molecular weight is 652 g/mol. The Morgan fingerprint density at radius 1 is 1.22 bits per heavy atom. The summed E-state index contributed by atoms with van der Waals surface area (Å²) in [5.41, 5.74) is 3.99. The molecule has 0 spiro atoms. The van der Waals surface area contributed by atoms with Gasteiger partial charge in [0.05, 0.1) is 48.5 Å². The fourth-order valence-electron chi connectivity index (χ4n) is 5.68. The predicted octanol–water partition coefficient (Wildman–Crippen LogP) is 6.50. The second-order valence-corrected chi connectivity index (χ2v) is 11.8. The fraction of sp³-hybridized carbons (Fsp3) is 0.486. The summed E-state index contributed by atoms with van der Waals surface area (Å²) in [7, 11) is 3.86. The summed E-state index contributed by atoms with van der Waals surface area (Å²) in [6.45, 7) is 22.7. The van der Waals surface area contributed by atoms with E-state index in [4.69, 9.17) is 21.6 Å². The van der Waals surface area contributed by atoms with Crippen LogP contribution in [0.3, 0.4) is 0 Å². The van der Waals surface area contributed by atoms with Crippen LogP contribution in [-0.2, 0) is 16.6 Å². The van der Waals surface area contributed by atoms with Gasteiger partial charge in [0.1, 0.15) is 6.42 Å². The van der Waals surface area contributed by atoms with Crippen LogP contribution >= 0.6 is 11.6 Å². The molecule has 3 rings (SSSR count). The molecule has 0 bridgehead atoms. The molecule has 0 aliphatic carbocycles. The number of ether oxygens (including phenoxy) is 1. The van der Waals surface area contributed by atoms with Gasteiger partial charge in [-0.25, -0.2) is 9.78 Å². The molecule has 0 saturated carbocycles. The monoisotopic (exact) mass is 651 g/mol. The van der Waals surface area contributed by atoms with Crippen molar-refractivity contribution in [1.29, 1.82) is 5.26 Å². The number of amides is 2. The van der Waals surface area contributed by atoms with E-state index in [0.717, 1.165) is 16.7 Å². The van der Waals surface area contributed by atoms with Gasteiger partial charge in [0.25, 0.3) is 0 Å². The highest BCUT2D eigenvalue weighted by Crippen LogP contribution is 2.40. The molecule has 2 amide bonds. The van der Waals surface area contributed by atoms with E-state index >= 15 is 0 Å². The first-order valence-corrected chi connectivity index (χ1v) is 16.1. The van der Waals surface area contributed by atoms with E-state index in [2.05, 4.69) is 33.3 Å². The van der Waals surface area contributed by atoms with E-state index in [9.17, 15) is 9.59 Å². The van der Waals surface area contributed by atoms with Gasteiger partial charge in [-0.15, -0.1) is 0 Å². The maximum atomic E-state index is 12.7. The molecular weight excluding hydrogens is 602 g/mol. The van der Waals surface area contributed by atoms with Crippen LogP contribution in [0, 0.1) is 11.3 Å². The van der Waals surface area contributed by atoms with E-state index < -0.39 is 11.9 Å². The lowest BCUT2D eigenvalue weighted by molar-refractivity contribution is -0.120. The van der Waals surface area contributed by atoms with Crippen molar-refractivity contribution in [3.05, 3.63) is 83.6 Å². The van der Waals surface area contributed by atoms with E-state index in [-0.39, 0.29) is 30.7 Å². The first kappa shape index (κ1) is 38.1. The lowest BCUT2D eigenvalue weighted by Gasteiger charge is -2.45. The molecule has 1 saturated heterocycles. The molecule has 2 aromatic rings. The lowest BCUT2D eigenvalue weighted by Crippen LogP contribution is -2.53. The molecule has 1 aromatic carbocycles. The summed E-state index contributed by atoms with van der Waals surface area (Å²) in [5, 5.41) is 12.7. The predicted molar refractivity (Wildman–Crippen MR) is 185 cm³/mol. The number of carbonyl (C=O) groups excluding carboxylic acids is 2. The van der Waals surface area contributed by atoms with Crippen LogP contribution in [0.2, 0.25) is 5.02 Å². The lowest BCUT2D eigenvalue weighted by atomic mass is 9.84. The third kappa shape index (κ3) is 9.71. The molecule has 250 valence electrons. The van der Waals surface area contributed by atoms with Gasteiger partial charge in [0, 0.05) is 45.3 Å². The van der Waals surface area contributed by atoms with Gasteiger partial charge < -0.3 is 24.4 Å². The molecule has 3 unspecified atom stereocenters. The minimum Gasteiger partial charge on any atom is -0.447 e. The highest BCUT2D eigenvalue weighted by Gasteiger charge is 2.37. The Balaban J connectivity index is 0.00000361. The number of aromatic nitrogens is 2. The second kappa shape index (κ2) is 18.2. The maximum absolute atomic E-state index is 12.7. The summed E-state index contributed by atoms with van der Waals surface area (Å²) in [4.78, 5) is 35.9. The molecule has 1 aliphatic rings. The van der Waals surface area contributed by atoms with E-state index in [1.807, 2.05) is 96.7 Å². The summed E-state index contributed by atoms with van der Waals surface area (Å²) < 4.78 is 7.27. The number of hydrogen-bond donors (Lipinski definition) is 1. The zero-order valence-corrected chi connectivity index (χ0v) is 29.3. The number of aryl methyl sites for hydroxylation is 1. The summed E-state index contributed by atoms with van der Waals surface area (Å²) in [6.07, 6.45) is 6.54. The summed E-state index contributed by atoms with van der Waals surface area (Å²) in [5.74, 6) is -0.419. The van der Waals surface area contributed by atoms with Crippen LogP contribution in [0.15, 0.2) is 61.7 Å². The number of likely N-dealkylation sites (N-methyl/N-ethyl adjacent to an activating group) is 1. The Morgan fingerprint density at radius 2 is 1.87 bits per heavy atom. The highest BCUT2D eigenvalue weighted by atomic mass is 35.5. The normalized spacial score (nSPS) is 15.3. The minimum absolute atomic E-state index is 0.156. The van der Waals surface area contributed by atoms with Crippen LogP contribution in [0.4, 0.5) is 4.79 Å². The Hall–Kier alpha value is -4.07. The molecule has 1 aromatic heterocycles. The van der Waals surface area contributed by atoms with Gasteiger partial charge in [-0.3, -0.25) is 9.69 Å². The van der Waals surface area contributed by atoms with Gasteiger partial charge in [-0.05, 0) is 62.7 Å². The molecule has 1 aliphatic heterocycles. The van der Waals surface area contributed by atoms with Crippen molar-refractivity contribution in [2.75, 3.05) is 33.2 Å². The number of hydrogen-bond acceptors (Lipinski definition) is 7. The van der Waals surface area contributed by atoms with Crippen molar-refractivity contribution >= 4 is 29.2 Å². The van der Waals surface area contributed by atoms with Crippen LogP contribution in [0.1, 0.15) is 76.9 Å². The number of halogens is 1. The number of carbonyl (C=O) groups is 2. The largest absolute Gasteiger partial charge is 0.447 e. The van der Waals surface area contributed by atoms with Crippen LogP contribution in [0.25, 0.3) is 5.57 Å². The molecule has 1 N–H and O–H groups in total. The van der Waals surface area contributed by atoms with Crippen LogP contribution in [-0.4, -0.2) is 81.6 Å². The molecule has 10 nitrogen and oxygen atoms in total. The van der Waals surface area contributed by atoms with Crippen LogP contribution < -0.4 is 5.32 Å². The fourth-order valence-corrected chi connectivity index (χ4v) is 5.85. The van der Waals surface area contributed by atoms with Crippen molar-refractivity contribution in [1.82, 2.24) is 29.6 Å². The first-order chi connectivity index (χ1) is 21.9. The van der Waals surface area contributed by atoms with Gasteiger partial charge in [-0.1, -0.05) is 56.3 Å². The molecule has 46 heavy (non-hydrogen) atoms. The summed E-state index contributed by atoms with van der Waals surface area (Å²) >= 11 is 6.62. The molecular formula is C35H50ClN7O3. The summed E-state index contributed by atoms with van der Waals surface area (Å²) in [6, 6.07) is 6.60. The van der Waals surface area contributed by atoms with Crippen molar-refractivity contribution in [3.63, 3.8) is 0 Å². The number of nitriles is 1. The van der Waals surface area contributed by atoms with Crippen molar-refractivity contribution in [3.8, 4) is 6.07 Å². The number of nitrogens with one attached hydrogen (secondary N) is 1. The van der Waals surface area contributed by atoms with Crippen LogP contribution in [0.5, 0.6) is 0 Å². The van der Waals surface area contributed by atoms with Crippen molar-refractivity contribution in [2.45, 2.75) is 72.2 Å². The first-order valence-electron chi connectivity index (χ1n) is 15.7. The van der Waals surface area contributed by atoms with Crippen molar-refractivity contribution < 1.29 is 14.3 Å². The SMILES string of the molecule is C=C(c1cc(Cl)ccc1C(C(C(=C)C)N(C)/C=C\C)N1CCN(C(=O)OC(C)C)CC1)C(NC(=O)CC#N)c1cncn1C.CC. The smallest absolute Gasteiger partial charge is 0.410 e. The number of nitrogens with zero attached hydrogens (tertiary/aromatic N) is 6. The minimum atomic E-state index is -0.666. The third-order valence-corrected chi connectivity index (χ3v) is 7.89. The third-order valence-electron chi connectivity index (χ3n) is 7.65. The van der Waals surface area contributed by atoms with Gasteiger partial charge in [-0.2, -0.15) is 5.26 Å². The van der Waals surface area contributed by atoms with E-state index in [0.29, 0.717) is 42.5 Å². The number of rotatable bonds is 12. The Labute approximate surface area is 280 Å². The molecule has 1 fully saturated rings. The number of imidazole rings is 1. The number of piperazine rings is 1. The Kier molecular flexibility index (Phi) is 15.1. The number of allylic oxidation sites excluding steroid dienone is 1. The van der Waals surface area contributed by atoms with Gasteiger partial charge in [0.15, 0.2) is 0 Å². The molecule has 0 radical (unpaired) electrons. The standard InChI is InChI=1S/C33H44ClN7O3.C2H6/c1-9-14-38(7)31(22(2)3)32(40-15-17-41(18-16-40)33(43)44-23(4)5)26-11-10-25(34)19-27(26)24(6)30(37-29(42)12-13-35)28-20-36-21-39(28)8;1-2/h9-11,14,19-21,23,30-32H,2,6,12,15-18H2,1,3-5,7-8H3,(H,37,42);1-2H3/b14-9-;. The highest BCUT2D eigenvalue weighted by molar-refractivity contribution is 6.30. The molecule has 2 heterocycles. The topological polar surface area (TPSA) is 107 Å². The maximum Gasteiger partial charge on any atom is 0.410 e. The molecule has 11 heteroatoms. The van der Waals surface area contributed by atoms with E-state index in [1.54, 1.807) is 17.4 Å². The zero-order chi connectivity index (χ0) is 34.6. The average Bonchev–Trinajstić information content (AvgIpc) is 3.44.